The maximum Gasteiger partial charge on any atom is 0.419 e. The van der Waals surface area contributed by atoms with Crippen LogP contribution < -0.4 is 0 Å². The van der Waals surface area contributed by atoms with Crippen LogP contribution >= 0.6 is 0 Å². The van der Waals surface area contributed by atoms with Crippen LogP contribution in [0.1, 0.15) is 18.9 Å². The molecule has 1 aromatic heterocycles. The van der Waals surface area contributed by atoms with Crippen LogP contribution in [0.5, 0.6) is 0 Å². The average Bonchev–Trinajstić information content (AvgIpc) is 3.09. The Balaban J connectivity index is 1.79. The van der Waals surface area contributed by atoms with Gasteiger partial charge in [0.15, 0.2) is 5.60 Å². The summed E-state index contributed by atoms with van der Waals surface area (Å²) in [7, 11) is 0. The molecule has 3 rings (SSSR count). The van der Waals surface area contributed by atoms with E-state index < -0.39 is 30.7 Å². The Morgan fingerprint density at radius 3 is 2.67 bits per heavy atom. The van der Waals surface area contributed by atoms with Crippen LogP contribution in [-0.4, -0.2) is 45.3 Å². The molecule has 1 atom stereocenters. The smallest absolute Gasteiger partial charge is 0.379 e. The van der Waals surface area contributed by atoms with Gasteiger partial charge in [-0.25, -0.2) is 0 Å². The number of aromatic nitrogens is 1. The summed E-state index contributed by atoms with van der Waals surface area (Å²) < 4.78 is 40.6. The number of likely N-dealkylation sites (tertiary alicyclic amines) is 1. The van der Waals surface area contributed by atoms with Crippen molar-refractivity contribution in [1.29, 1.82) is 0 Å². The Morgan fingerprint density at radius 2 is 2.04 bits per heavy atom. The summed E-state index contributed by atoms with van der Waals surface area (Å²) in [5.74, 6) is -0.394. The monoisotopic (exact) mass is 340 g/mol. The second-order valence-corrected chi connectivity index (χ2v) is 6.23. The fourth-order valence-electron chi connectivity index (χ4n) is 3.24. The number of carbonyl (C=O) groups excluding carboxylic acids is 1. The molecule has 1 aliphatic rings. The van der Waals surface area contributed by atoms with Gasteiger partial charge in [-0.3, -0.25) is 4.79 Å². The first-order chi connectivity index (χ1) is 11.2. The largest absolute Gasteiger partial charge is 0.419 e. The number of aliphatic hydroxyl groups is 1. The highest BCUT2D eigenvalue weighted by Gasteiger charge is 2.57. The summed E-state index contributed by atoms with van der Waals surface area (Å²) in [6.45, 7) is 1.96. The summed E-state index contributed by atoms with van der Waals surface area (Å²) in [5.41, 5.74) is -1.00. The van der Waals surface area contributed by atoms with E-state index in [0.29, 0.717) is 0 Å². The maximum atomic E-state index is 12.9. The number of alkyl halides is 3. The Hall–Kier alpha value is -2.02. The summed E-state index contributed by atoms with van der Waals surface area (Å²) in [5, 5.41) is 10.6. The lowest BCUT2D eigenvalue weighted by Crippen LogP contribution is -2.48. The lowest BCUT2D eigenvalue weighted by Gasteiger charge is -2.25. The van der Waals surface area contributed by atoms with Gasteiger partial charge >= 0.3 is 6.18 Å². The molecule has 0 spiro atoms. The number of rotatable bonds is 3. The predicted molar refractivity (Wildman–Crippen MR) is 83.5 cm³/mol. The van der Waals surface area contributed by atoms with E-state index >= 15 is 0 Å². The molecule has 0 saturated carbocycles. The molecule has 24 heavy (non-hydrogen) atoms. The molecular formula is C17H19F3N2O2. The minimum Gasteiger partial charge on any atom is -0.379 e. The normalized spacial score (nSPS) is 21.6. The summed E-state index contributed by atoms with van der Waals surface area (Å²) >= 11 is 0. The minimum absolute atomic E-state index is 0.0292. The summed E-state index contributed by atoms with van der Waals surface area (Å²) in [6, 6.07) is 7.63. The number of hydrogen-bond donors (Lipinski definition) is 1. The molecule has 0 bridgehead atoms. The highest BCUT2D eigenvalue weighted by molar-refractivity contribution is 5.89. The first-order valence-corrected chi connectivity index (χ1v) is 7.89. The van der Waals surface area contributed by atoms with Crippen molar-refractivity contribution in [1.82, 2.24) is 9.47 Å². The SMILES string of the molecule is CCn1cc(CC(=O)N2CC[C@](O)(C(F)(F)F)C2)c2ccccc21. The van der Waals surface area contributed by atoms with Gasteiger partial charge in [-0.1, -0.05) is 18.2 Å². The zero-order chi connectivity index (χ0) is 17.5. The molecule has 1 aromatic carbocycles. The number of benzene rings is 1. The molecule has 130 valence electrons. The number of para-hydroxylation sites is 1. The molecule has 1 aliphatic heterocycles. The van der Waals surface area contributed by atoms with Gasteiger partial charge in [0, 0.05) is 36.6 Å². The highest BCUT2D eigenvalue weighted by Crippen LogP contribution is 2.37. The number of aryl methyl sites for hydroxylation is 1. The molecule has 1 saturated heterocycles. The third-order valence-corrected chi connectivity index (χ3v) is 4.68. The fourth-order valence-corrected chi connectivity index (χ4v) is 3.24. The van der Waals surface area contributed by atoms with Crippen molar-refractivity contribution < 1.29 is 23.1 Å². The molecule has 0 aliphatic carbocycles. The van der Waals surface area contributed by atoms with Crippen molar-refractivity contribution in [3.8, 4) is 0 Å². The van der Waals surface area contributed by atoms with E-state index in [9.17, 15) is 23.1 Å². The molecule has 7 heteroatoms. The number of hydrogen-bond acceptors (Lipinski definition) is 2. The third kappa shape index (κ3) is 2.77. The Labute approximate surface area is 137 Å². The van der Waals surface area contributed by atoms with E-state index in [1.54, 1.807) is 0 Å². The average molecular weight is 340 g/mol. The highest BCUT2D eigenvalue weighted by atomic mass is 19.4. The van der Waals surface area contributed by atoms with Crippen molar-refractivity contribution in [2.24, 2.45) is 0 Å². The zero-order valence-electron chi connectivity index (χ0n) is 13.3. The fraction of sp³-hybridized carbons (Fsp3) is 0.471. The number of halogens is 3. The van der Waals surface area contributed by atoms with Crippen LogP contribution in [0.15, 0.2) is 30.5 Å². The standard InChI is InChI=1S/C17H19F3N2O2/c1-2-21-10-12(13-5-3-4-6-14(13)21)9-15(23)22-8-7-16(24,11-22)17(18,19)20/h3-6,10,24H,2,7-9,11H2,1H3/t16-/m1/s1. The predicted octanol–water partition coefficient (Wildman–Crippen LogP) is 2.73. The maximum absolute atomic E-state index is 12.9. The number of fused-ring (bicyclic) bond motifs is 1. The van der Waals surface area contributed by atoms with Gasteiger partial charge < -0.3 is 14.6 Å². The molecule has 0 radical (unpaired) electrons. The number of nitrogens with zero attached hydrogens (tertiary/aromatic N) is 2. The van der Waals surface area contributed by atoms with Gasteiger partial charge in [-0.05, 0) is 18.6 Å². The second kappa shape index (κ2) is 5.81. The van der Waals surface area contributed by atoms with Crippen molar-refractivity contribution >= 4 is 16.8 Å². The minimum atomic E-state index is -4.72. The van der Waals surface area contributed by atoms with Crippen LogP contribution in [0.2, 0.25) is 0 Å². The van der Waals surface area contributed by atoms with Crippen LogP contribution in [0.3, 0.4) is 0 Å². The zero-order valence-corrected chi connectivity index (χ0v) is 13.3. The Morgan fingerprint density at radius 1 is 1.33 bits per heavy atom. The van der Waals surface area contributed by atoms with Crippen molar-refractivity contribution in [3.63, 3.8) is 0 Å². The van der Waals surface area contributed by atoms with Crippen LogP contribution in [-0.2, 0) is 17.8 Å². The quantitative estimate of drug-likeness (QED) is 0.934. The Kier molecular flexibility index (Phi) is 4.07. The first-order valence-electron chi connectivity index (χ1n) is 7.89. The van der Waals surface area contributed by atoms with Crippen LogP contribution in [0.4, 0.5) is 13.2 Å². The van der Waals surface area contributed by atoms with Crippen molar-refractivity contribution in [2.45, 2.75) is 38.1 Å². The first kappa shape index (κ1) is 16.8. The number of β-amino-alcohol motifs (C(OH)–C–C–N with tert-alkyl or cyclic N) is 1. The topological polar surface area (TPSA) is 45.5 Å². The van der Waals surface area contributed by atoms with Gasteiger partial charge in [0.1, 0.15) is 0 Å². The van der Waals surface area contributed by atoms with E-state index in [-0.39, 0.29) is 13.0 Å². The Bertz CT molecular complexity index is 769. The third-order valence-electron chi connectivity index (χ3n) is 4.68. The lowest BCUT2D eigenvalue weighted by atomic mass is 10.0. The van der Waals surface area contributed by atoms with E-state index in [1.807, 2.05) is 42.0 Å². The molecule has 1 amide bonds. The lowest BCUT2D eigenvalue weighted by molar-refractivity contribution is -0.253. The van der Waals surface area contributed by atoms with Gasteiger partial charge in [0.05, 0.1) is 13.0 Å². The molecule has 1 fully saturated rings. The second-order valence-electron chi connectivity index (χ2n) is 6.23. The van der Waals surface area contributed by atoms with Crippen LogP contribution in [0, 0.1) is 0 Å². The van der Waals surface area contributed by atoms with Gasteiger partial charge in [0.2, 0.25) is 5.91 Å². The molecule has 4 nitrogen and oxygen atoms in total. The molecule has 2 heterocycles. The van der Waals surface area contributed by atoms with E-state index in [4.69, 9.17) is 0 Å². The summed E-state index contributed by atoms with van der Waals surface area (Å²) in [4.78, 5) is 13.5. The van der Waals surface area contributed by atoms with E-state index in [2.05, 4.69) is 0 Å². The van der Waals surface area contributed by atoms with Gasteiger partial charge in [-0.15, -0.1) is 0 Å². The van der Waals surface area contributed by atoms with E-state index in [0.717, 1.165) is 27.9 Å². The van der Waals surface area contributed by atoms with Crippen molar-refractivity contribution in [3.05, 3.63) is 36.0 Å². The summed E-state index contributed by atoms with van der Waals surface area (Å²) in [6.07, 6.45) is -3.30. The molecule has 1 N–H and O–H groups in total. The van der Waals surface area contributed by atoms with Crippen LogP contribution in [0.25, 0.3) is 10.9 Å². The number of amides is 1. The van der Waals surface area contributed by atoms with E-state index in [1.165, 1.54) is 0 Å². The van der Waals surface area contributed by atoms with Crippen molar-refractivity contribution in [2.75, 3.05) is 13.1 Å². The molecule has 2 aromatic rings. The number of carbonyl (C=O) groups is 1. The molecular weight excluding hydrogens is 321 g/mol. The molecule has 0 unspecified atom stereocenters. The van der Waals surface area contributed by atoms with Gasteiger partial charge in [0.25, 0.3) is 0 Å². The van der Waals surface area contributed by atoms with Gasteiger partial charge in [-0.2, -0.15) is 13.2 Å².